The van der Waals surface area contributed by atoms with Crippen molar-refractivity contribution in [3.63, 3.8) is 0 Å². The van der Waals surface area contributed by atoms with Gasteiger partial charge in [-0.05, 0) is 22.4 Å². The van der Waals surface area contributed by atoms with Crippen molar-refractivity contribution in [3.8, 4) is 0 Å². The van der Waals surface area contributed by atoms with Gasteiger partial charge in [-0.3, -0.25) is 0 Å². The minimum Gasteiger partial charge on any atom is -0.369 e. The van der Waals surface area contributed by atoms with E-state index in [-0.39, 0.29) is 5.95 Å². The lowest BCUT2D eigenvalue weighted by atomic mass is 10.4. The molecule has 0 fully saturated rings. The molecule has 2 rings (SSSR count). The molecule has 90 valence electrons. The predicted octanol–water partition coefficient (Wildman–Crippen LogP) is 1.52. The molecule has 2 aromatic heterocycles. The Morgan fingerprint density at radius 1 is 1.47 bits per heavy atom. The molecule has 7 heteroatoms. The summed E-state index contributed by atoms with van der Waals surface area (Å²) < 4.78 is 2.85. The third kappa shape index (κ3) is 3.42. The summed E-state index contributed by atoms with van der Waals surface area (Å²) in [5.41, 5.74) is 5.51. The maximum absolute atomic E-state index is 5.51. The Bertz CT molecular complexity index is 470. The van der Waals surface area contributed by atoms with Crippen LogP contribution in [0.5, 0.6) is 0 Å². The first-order valence-corrected chi connectivity index (χ1v) is 6.02. The Balaban J connectivity index is 1.80. The van der Waals surface area contributed by atoms with Crippen LogP contribution in [0.3, 0.4) is 0 Å². The highest BCUT2D eigenvalue weighted by Gasteiger charge is 2.01. The number of hydrogen-bond acceptors (Lipinski definition) is 5. The van der Waals surface area contributed by atoms with Crippen molar-refractivity contribution < 1.29 is 0 Å². The molecule has 0 spiro atoms. The Morgan fingerprint density at radius 3 is 3.12 bits per heavy atom. The third-order valence-electron chi connectivity index (χ3n) is 2.21. The number of aryl methyl sites for hydroxylation is 1. The van der Waals surface area contributed by atoms with Crippen molar-refractivity contribution >= 4 is 27.7 Å². The van der Waals surface area contributed by atoms with Crippen molar-refractivity contribution in [2.75, 3.05) is 17.6 Å². The molecular formula is C10H13BrN6. The summed E-state index contributed by atoms with van der Waals surface area (Å²) in [6.45, 7) is 1.73. The summed E-state index contributed by atoms with van der Waals surface area (Å²) in [4.78, 5) is 12.0. The fourth-order valence-electron chi connectivity index (χ4n) is 1.39. The Morgan fingerprint density at radius 2 is 2.35 bits per heavy atom. The average molecular weight is 297 g/mol. The van der Waals surface area contributed by atoms with Gasteiger partial charge in [0.2, 0.25) is 5.95 Å². The summed E-state index contributed by atoms with van der Waals surface area (Å²) in [5, 5.41) is 3.20. The number of nitrogens with one attached hydrogen (secondary N) is 1. The molecule has 0 saturated carbocycles. The molecule has 0 bridgehead atoms. The molecule has 0 atom stereocenters. The summed E-state index contributed by atoms with van der Waals surface area (Å²) in [6, 6.07) is 0. The first-order valence-electron chi connectivity index (χ1n) is 5.23. The number of nitrogens with zero attached hydrogens (tertiary/aromatic N) is 4. The second-order valence-corrected chi connectivity index (χ2v) is 4.36. The van der Waals surface area contributed by atoms with E-state index in [4.69, 9.17) is 5.73 Å². The number of nitrogens with two attached hydrogens (primary N) is 1. The van der Waals surface area contributed by atoms with E-state index in [0.29, 0.717) is 0 Å². The molecular weight excluding hydrogens is 284 g/mol. The fraction of sp³-hybridized carbons (Fsp3) is 0.300. The number of hydrogen-bond donors (Lipinski definition) is 2. The maximum Gasteiger partial charge on any atom is 0.221 e. The minimum absolute atomic E-state index is 0.269. The quantitative estimate of drug-likeness (QED) is 0.818. The topological polar surface area (TPSA) is 81.6 Å². The minimum atomic E-state index is 0.269. The van der Waals surface area contributed by atoms with Gasteiger partial charge >= 0.3 is 0 Å². The zero-order chi connectivity index (χ0) is 12.1. The van der Waals surface area contributed by atoms with Crippen LogP contribution < -0.4 is 11.1 Å². The second-order valence-electron chi connectivity index (χ2n) is 3.51. The molecule has 0 unspecified atom stereocenters. The van der Waals surface area contributed by atoms with E-state index in [1.807, 2.05) is 10.8 Å². The van der Waals surface area contributed by atoms with Gasteiger partial charge in [-0.25, -0.2) is 9.97 Å². The molecule has 2 aromatic rings. The SMILES string of the molecule is Nc1ncc(Br)c(NCCCn2ccnc2)n1. The number of anilines is 2. The standard InChI is InChI=1S/C10H13BrN6/c11-8-6-15-10(12)16-9(8)14-2-1-4-17-5-3-13-7-17/h3,5-7H,1-2,4H2,(H3,12,14,15,16). The molecule has 2 heterocycles. The van der Waals surface area contributed by atoms with Crippen LogP contribution in [-0.4, -0.2) is 26.1 Å². The lowest BCUT2D eigenvalue weighted by Crippen LogP contribution is -2.08. The van der Waals surface area contributed by atoms with Gasteiger partial charge in [0, 0.05) is 31.7 Å². The summed E-state index contributed by atoms with van der Waals surface area (Å²) in [7, 11) is 0. The number of imidazole rings is 1. The normalized spacial score (nSPS) is 10.4. The van der Waals surface area contributed by atoms with Crippen LogP contribution in [0.25, 0.3) is 0 Å². The number of aromatic nitrogens is 4. The fourth-order valence-corrected chi connectivity index (χ4v) is 1.72. The molecule has 0 radical (unpaired) electrons. The lowest BCUT2D eigenvalue weighted by molar-refractivity contribution is 0.660. The monoisotopic (exact) mass is 296 g/mol. The summed E-state index contributed by atoms with van der Waals surface area (Å²) in [6.07, 6.45) is 8.14. The van der Waals surface area contributed by atoms with Gasteiger partial charge in [-0.1, -0.05) is 0 Å². The van der Waals surface area contributed by atoms with Crippen LogP contribution >= 0.6 is 15.9 Å². The van der Waals surface area contributed by atoms with Crippen molar-refractivity contribution in [2.24, 2.45) is 0 Å². The summed E-state index contributed by atoms with van der Waals surface area (Å²) >= 11 is 3.36. The van der Waals surface area contributed by atoms with Crippen LogP contribution in [0.15, 0.2) is 29.4 Å². The molecule has 0 saturated heterocycles. The van der Waals surface area contributed by atoms with Gasteiger partial charge in [0.25, 0.3) is 0 Å². The van der Waals surface area contributed by atoms with Crippen LogP contribution in [-0.2, 0) is 6.54 Å². The second kappa shape index (κ2) is 5.62. The van der Waals surface area contributed by atoms with Crippen molar-refractivity contribution in [1.29, 1.82) is 0 Å². The highest BCUT2D eigenvalue weighted by atomic mass is 79.9. The number of halogens is 1. The van der Waals surface area contributed by atoms with E-state index in [0.717, 1.165) is 29.8 Å². The van der Waals surface area contributed by atoms with Gasteiger partial charge in [-0.15, -0.1) is 0 Å². The van der Waals surface area contributed by atoms with Crippen LogP contribution in [0.2, 0.25) is 0 Å². The summed E-state index contributed by atoms with van der Waals surface area (Å²) in [5.74, 6) is 0.994. The lowest BCUT2D eigenvalue weighted by Gasteiger charge is -2.07. The number of nitrogen functional groups attached to an aromatic ring is 1. The van der Waals surface area contributed by atoms with E-state index in [1.165, 1.54) is 0 Å². The van der Waals surface area contributed by atoms with Gasteiger partial charge in [-0.2, -0.15) is 4.98 Å². The smallest absolute Gasteiger partial charge is 0.221 e. The molecule has 0 aliphatic carbocycles. The van der Waals surface area contributed by atoms with E-state index < -0.39 is 0 Å². The van der Waals surface area contributed by atoms with Crippen molar-refractivity contribution in [1.82, 2.24) is 19.5 Å². The van der Waals surface area contributed by atoms with Crippen LogP contribution in [0.1, 0.15) is 6.42 Å². The average Bonchev–Trinajstić information content (AvgIpc) is 2.82. The molecule has 6 nitrogen and oxygen atoms in total. The van der Waals surface area contributed by atoms with Crippen LogP contribution in [0, 0.1) is 0 Å². The predicted molar refractivity (Wildman–Crippen MR) is 69.5 cm³/mol. The highest BCUT2D eigenvalue weighted by molar-refractivity contribution is 9.10. The molecule has 3 N–H and O–H groups in total. The van der Waals surface area contributed by atoms with Gasteiger partial charge < -0.3 is 15.6 Å². The third-order valence-corrected chi connectivity index (χ3v) is 2.79. The van der Waals surface area contributed by atoms with Gasteiger partial charge in [0.05, 0.1) is 10.8 Å². The largest absolute Gasteiger partial charge is 0.369 e. The van der Waals surface area contributed by atoms with Gasteiger partial charge in [0.15, 0.2) is 0 Å². The Labute approximate surface area is 107 Å². The first kappa shape index (κ1) is 11.8. The molecule has 17 heavy (non-hydrogen) atoms. The Kier molecular flexibility index (Phi) is 3.92. The van der Waals surface area contributed by atoms with E-state index in [9.17, 15) is 0 Å². The van der Waals surface area contributed by atoms with Crippen LogP contribution in [0.4, 0.5) is 11.8 Å². The first-order chi connectivity index (χ1) is 8.25. The van der Waals surface area contributed by atoms with E-state index in [1.54, 1.807) is 18.7 Å². The molecule has 0 aliphatic heterocycles. The zero-order valence-corrected chi connectivity index (χ0v) is 10.8. The van der Waals surface area contributed by atoms with E-state index in [2.05, 4.69) is 36.2 Å². The molecule has 0 aromatic carbocycles. The Hall–Kier alpha value is -1.63. The van der Waals surface area contributed by atoms with Crippen molar-refractivity contribution in [3.05, 3.63) is 29.4 Å². The maximum atomic E-state index is 5.51. The number of rotatable bonds is 5. The zero-order valence-electron chi connectivity index (χ0n) is 9.17. The highest BCUT2D eigenvalue weighted by Crippen LogP contribution is 2.18. The van der Waals surface area contributed by atoms with Crippen molar-refractivity contribution in [2.45, 2.75) is 13.0 Å². The molecule has 0 amide bonds. The molecule has 0 aliphatic rings. The van der Waals surface area contributed by atoms with E-state index >= 15 is 0 Å². The van der Waals surface area contributed by atoms with Gasteiger partial charge in [0.1, 0.15) is 5.82 Å².